The van der Waals surface area contributed by atoms with Gasteiger partial charge in [0.15, 0.2) is 0 Å². The number of aliphatic imine (C=N–C) groups is 1. The smallest absolute Gasteiger partial charge is 0.126 e. The highest BCUT2D eigenvalue weighted by atomic mass is 15.0. The third kappa shape index (κ3) is 3.15. The quantitative estimate of drug-likeness (QED) is 0.799. The number of aryl methyl sites for hydroxylation is 1. The number of rotatable bonds is 3. The zero-order chi connectivity index (χ0) is 19.9. The minimum absolute atomic E-state index is 0.190. The van der Waals surface area contributed by atoms with Crippen molar-refractivity contribution in [2.24, 2.45) is 10.7 Å². The van der Waals surface area contributed by atoms with Crippen LogP contribution < -0.4 is 11.1 Å². The van der Waals surface area contributed by atoms with Crippen molar-refractivity contribution in [3.8, 4) is 0 Å². The molecule has 0 fully saturated rings. The van der Waals surface area contributed by atoms with Gasteiger partial charge >= 0.3 is 0 Å². The first-order valence-electron chi connectivity index (χ1n) is 9.99. The Morgan fingerprint density at radius 2 is 1.79 bits per heavy atom. The van der Waals surface area contributed by atoms with E-state index in [0.29, 0.717) is 0 Å². The van der Waals surface area contributed by atoms with Crippen molar-refractivity contribution in [1.82, 2.24) is 5.32 Å². The zero-order valence-electron chi connectivity index (χ0n) is 17.2. The summed E-state index contributed by atoms with van der Waals surface area (Å²) < 4.78 is 0. The van der Waals surface area contributed by atoms with Crippen LogP contribution in [0.1, 0.15) is 45.2 Å². The van der Waals surface area contributed by atoms with Gasteiger partial charge in [-0.05, 0) is 54.0 Å². The minimum atomic E-state index is -0.433. The number of benzene rings is 1. The van der Waals surface area contributed by atoms with Gasteiger partial charge in [-0.15, -0.1) is 0 Å². The summed E-state index contributed by atoms with van der Waals surface area (Å²) in [7, 11) is 0. The van der Waals surface area contributed by atoms with Crippen LogP contribution in [0.5, 0.6) is 0 Å². The van der Waals surface area contributed by atoms with Gasteiger partial charge in [-0.25, -0.2) is 0 Å². The van der Waals surface area contributed by atoms with Gasteiger partial charge in [-0.1, -0.05) is 63.3 Å². The fraction of sp³-hybridized carbons (Fsp3) is 0.320. The Morgan fingerprint density at radius 1 is 1.04 bits per heavy atom. The van der Waals surface area contributed by atoms with Gasteiger partial charge in [-0.3, -0.25) is 4.99 Å². The summed E-state index contributed by atoms with van der Waals surface area (Å²) in [4.78, 5) is 4.65. The number of hydrogen-bond donors (Lipinski definition) is 2. The van der Waals surface area contributed by atoms with Gasteiger partial charge in [0.1, 0.15) is 5.54 Å². The Balaban J connectivity index is 1.54. The molecule has 144 valence electrons. The number of dihydropyridines is 1. The van der Waals surface area contributed by atoms with Crippen molar-refractivity contribution in [2.75, 3.05) is 0 Å². The van der Waals surface area contributed by atoms with Crippen molar-refractivity contribution in [2.45, 2.75) is 51.5 Å². The molecule has 1 spiro atoms. The average Bonchev–Trinajstić information content (AvgIpc) is 2.65. The summed E-state index contributed by atoms with van der Waals surface area (Å²) in [5.41, 5.74) is 14.0. The molecule has 3 heteroatoms. The van der Waals surface area contributed by atoms with Crippen LogP contribution in [0.3, 0.4) is 0 Å². The van der Waals surface area contributed by atoms with Crippen molar-refractivity contribution >= 4 is 5.71 Å². The number of nitrogens with one attached hydrogen (secondary N) is 1. The van der Waals surface area contributed by atoms with E-state index in [1.807, 2.05) is 0 Å². The molecular formula is C25H29N3. The molecule has 2 aliphatic heterocycles. The molecular weight excluding hydrogens is 342 g/mol. The summed E-state index contributed by atoms with van der Waals surface area (Å²) in [5.74, 6) is 0. The lowest BCUT2D eigenvalue weighted by atomic mass is 9.74. The highest BCUT2D eigenvalue weighted by Gasteiger charge is 2.43. The van der Waals surface area contributed by atoms with E-state index in [9.17, 15) is 0 Å². The summed E-state index contributed by atoms with van der Waals surface area (Å²) in [6.07, 6.45) is 14.4. The largest absolute Gasteiger partial charge is 0.397 e. The summed E-state index contributed by atoms with van der Waals surface area (Å²) in [6, 6.07) is 9.02. The molecule has 1 unspecified atom stereocenters. The van der Waals surface area contributed by atoms with Crippen LogP contribution in [0.2, 0.25) is 0 Å². The van der Waals surface area contributed by atoms with E-state index in [1.165, 1.54) is 22.4 Å². The Hall–Kier alpha value is -2.81. The molecule has 0 amide bonds. The predicted octanol–water partition coefficient (Wildman–Crippen LogP) is 4.84. The predicted molar refractivity (Wildman–Crippen MR) is 118 cm³/mol. The van der Waals surface area contributed by atoms with E-state index in [0.717, 1.165) is 29.8 Å². The fourth-order valence-corrected chi connectivity index (χ4v) is 4.13. The molecule has 0 bridgehead atoms. The minimum Gasteiger partial charge on any atom is -0.397 e. The van der Waals surface area contributed by atoms with Crippen molar-refractivity contribution in [1.29, 1.82) is 0 Å². The molecule has 0 saturated carbocycles. The molecule has 0 saturated heterocycles. The van der Waals surface area contributed by atoms with E-state index in [2.05, 4.69) is 92.6 Å². The molecule has 1 aromatic carbocycles. The Bertz CT molecular complexity index is 976. The van der Waals surface area contributed by atoms with Gasteiger partial charge in [0.05, 0.1) is 17.6 Å². The molecule has 3 nitrogen and oxygen atoms in total. The number of nitrogens with zero attached hydrogens (tertiary/aromatic N) is 1. The molecule has 1 aromatic rings. The van der Waals surface area contributed by atoms with Gasteiger partial charge < -0.3 is 11.1 Å². The maximum absolute atomic E-state index is 6.26. The van der Waals surface area contributed by atoms with E-state index in [4.69, 9.17) is 5.73 Å². The molecule has 1 aliphatic carbocycles. The second kappa shape index (κ2) is 6.66. The van der Waals surface area contributed by atoms with E-state index in [-0.39, 0.29) is 5.41 Å². The highest BCUT2D eigenvalue weighted by Crippen LogP contribution is 2.37. The fourth-order valence-electron chi connectivity index (χ4n) is 4.13. The molecule has 28 heavy (non-hydrogen) atoms. The lowest BCUT2D eigenvalue weighted by Gasteiger charge is -2.42. The van der Waals surface area contributed by atoms with Crippen molar-refractivity contribution < 1.29 is 0 Å². The van der Waals surface area contributed by atoms with Gasteiger partial charge in [0.2, 0.25) is 0 Å². The van der Waals surface area contributed by atoms with Crippen molar-refractivity contribution in [3.05, 3.63) is 94.5 Å². The lowest BCUT2D eigenvalue weighted by molar-refractivity contribution is 0.589. The maximum atomic E-state index is 6.26. The summed E-state index contributed by atoms with van der Waals surface area (Å²) in [5, 5.41) is 3.75. The van der Waals surface area contributed by atoms with Crippen LogP contribution in [0.15, 0.2) is 88.4 Å². The lowest BCUT2D eigenvalue weighted by Crippen LogP contribution is -2.56. The van der Waals surface area contributed by atoms with E-state index < -0.39 is 5.54 Å². The monoisotopic (exact) mass is 371 g/mol. The molecule has 3 N–H and O–H groups in total. The second-order valence-electron chi connectivity index (χ2n) is 8.92. The van der Waals surface area contributed by atoms with Crippen molar-refractivity contribution in [3.63, 3.8) is 0 Å². The SMILES string of the molecule is CC1=CC=CC23NC(CCc4ccc(C(C)(C)C)cc4)=CC=C2C(N)=CN=C13. The third-order valence-corrected chi connectivity index (χ3v) is 5.82. The average molecular weight is 372 g/mol. The third-order valence-electron chi connectivity index (χ3n) is 5.82. The Kier molecular flexibility index (Phi) is 4.41. The van der Waals surface area contributed by atoms with Crippen LogP contribution in [0.4, 0.5) is 0 Å². The van der Waals surface area contributed by atoms with Gasteiger partial charge in [-0.2, -0.15) is 0 Å². The van der Waals surface area contributed by atoms with Crippen LogP contribution in [0, 0.1) is 0 Å². The van der Waals surface area contributed by atoms with E-state index >= 15 is 0 Å². The number of allylic oxidation sites excluding steroid dienone is 5. The van der Waals surface area contributed by atoms with Gasteiger partial charge in [0, 0.05) is 11.3 Å². The highest BCUT2D eigenvalue weighted by molar-refractivity contribution is 6.13. The normalized spacial score (nSPS) is 23.4. The first-order chi connectivity index (χ1) is 13.3. The van der Waals surface area contributed by atoms with Crippen LogP contribution in [-0.2, 0) is 11.8 Å². The molecule has 4 rings (SSSR count). The zero-order valence-corrected chi connectivity index (χ0v) is 17.2. The molecule has 2 heterocycles. The second-order valence-corrected chi connectivity index (χ2v) is 8.92. The Labute approximate surface area is 168 Å². The summed E-state index contributed by atoms with van der Waals surface area (Å²) >= 11 is 0. The van der Waals surface area contributed by atoms with Crippen LogP contribution in [-0.4, -0.2) is 11.3 Å². The van der Waals surface area contributed by atoms with Crippen LogP contribution in [0.25, 0.3) is 0 Å². The molecule has 3 aliphatic rings. The molecule has 0 aromatic heterocycles. The molecule has 1 atom stereocenters. The first kappa shape index (κ1) is 18.5. The Morgan fingerprint density at radius 3 is 2.50 bits per heavy atom. The number of nitrogens with two attached hydrogens (primary N) is 1. The van der Waals surface area contributed by atoms with E-state index in [1.54, 1.807) is 6.20 Å². The topological polar surface area (TPSA) is 50.4 Å². The van der Waals surface area contributed by atoms with Crippen LogP contribution >= 0.6 is 0 Å². The standard InChI is InChI=1S/C25H29N3/c1-17-6-5-15-25-21(22(26)16-27-23(17)25)14-13-20(28-25)12-9-18-7-10-19(11-8-18)24(2,3)4/h5-8,10-11,13-16,28H,9,12,26H2,1-4H3. The molecule has 0 radical (unpaired) electrons. The van der Waals surface area contributed by atoms with Gasteiger partial charge in [0.25, 0.3) is 0 Å². The first-order valence-corrected chi connectivity index (χ1v) is 9.99. The summed E-state index contributed by atoms with van der Waals surface area (Å²) in [6.45, 7) is 8.85. The number of hydrogen-bond acceptors (Lipinski definition) is 3. The maximum Gasteiger partial charge on any atom is 0.126 e.